The van der Waals surface area contributed by atoms with Gasteiger partial charge in [0.25, 0.3) is 5.89 Å². The number of nitrogens with zero attached hydrogens (tertiary/aromatic N) is 4. The molecule has 0 amide bonds. The van der Waals surface area contributed by atoms with Gasteiger partial charge in [0.1, 0.15) is 0 Å². The van der Waals surface area contributed by atoms with Crippen LogP contribution in [-0.4, -0.2) is 26.4 Å². The average molecular weight is 259 g/mol. The van der Waals surface area contributed by atoms with Crippen LogP contribution in [0.25, 0.3) is 11.5 Å². The van der Waals surface area contributed by atoms with Crippen LogP contribution < -0.4 is 5.32 Å². The maximum Gasteiger partial charge on any atom is 0.259 e. The average Bonchev–Trinajstić information content (AvgIpc) is 3.13. The normalized spacial score (nSPS) is 14.8. The molecule has 0 bridgehead atoms. The molecule has 2 aromatic heterocycles. The fourth-order valence-corrected chi connectivity index (χ4v) is 1.92. The van der Waals surface area contributed by atoms with Gasteiger partial charge in [0, 0.05) is 6.04 Å². The Kier molecular flexibility index (Phi) is 3.25. The molecule has 2 aromatic rings. The highest BCUT2D eigenvalue weighted by atomic mass is 16.5. The lowest BCUT2D eigenvalue weighted by atomic mass is 10.1. The first-order valence-electron chi connectivity index (χ1n) is 6.66. The molecule has 19 heavy (non-hydrogen) atoms. The van der Waals surface area contributed by atoms with Crippen molar-refractivity contribution >= 4 is 0 Å². The number of nitrogens with one attached hydrogen (secondary N) is 1. The van der Waals surface area contributed by atoms with Gasteiger partial charge in [0.15, 0.2) is 5.82 Å². The molecule has 0 unspecified atom stereocenters. The van der Waals surface area contributed by atoms with Crippen LogP contribution in [0, 0.1) is 6.92 Å². The molecule has 0 aromatic carbocycles. The second-order valence-corrected chi connectivity index (χ2v) is 4.87. The Morgan fingerprint density at radius 3 is 2.95 bits per heavy atom. The first-order valence-corrected chi connectivity index (χ1v) is 6.66. The molecule has 1 N–H and O–H groups in total. The molecule has 1 aliphatic carbocycles. The Hall–Kier alpha value is -1.82. The van der Waals surface area contributed by atoms with E-state index in [0.717, 1.165) is 23.4 Å². The molecular weight excluding hydrogens is 242 g/mol. The standard InChI is InChI=1S/C13H17N5O/c1-3-11-10(6-8(2)16-17-11)13-15-12(18-19-13)7-14-9-4-5-9/h6,9,14H,3-5,7H2,1-2H3. The summed E-state index contributed by atoms with van der Waals surface area (Å²) in [4.78, 5) is 4.42. The number of hydrogen-bond acceptors (Lipinski definition) is 6. The van der Waals surface area contributed by atoms with E-state index in [4.69, 9.17) is 4.52 Å². The third-order valence-corrected chi connectivity index (χ3v) is 3.15. The van der Waals surface area contributed by atoms with Gasteiger partial charge in [-0.2, -0.15) is 15.2 Å². The van der Waals surface area contributed by atoms with Gasteiger partial charge in [-0.25, -0.2) is 0 Å². The quantitative estimate of drug-likeness (QED) is 0.879. The summed E-state index contributed by atoms with van der Waals surface area (Å²) in [7, 11) is 0. The number of aromatic nitrogens is 4. The lowest BCUT2D eigenvalue weighted by Crippen LogP contribution is -2.16. The van der Waals surface area contributed by atoms with Gasteiger partial charge in [0.2, 0.25) is 0 Å². The van der Waals surface area contributed by atoms with Crippen molar-refractivity contribution < 1.29 is 4.52 Å². The zero-order valence-corrected chi connectivity index (χ0v) is 11.2. The Bertz CT molecular complexity index is 576. The first kappa shape index (κ1) is 12.2. The molecule has 0 saturated heterocycles. The maximum absolute atomic E-state index is 5.33. The molecule has 1 aliphatic rings. The van der Waals surface area contributed by atoms with E-state index >= 15 is 0 Å². The summed E-state index contributed by atoms with van der Waals surface area (Å²) in [6, 6.07) is 2.58. The molecule has 0 atom stereocenters. The summed E-state index contributed by atoms with van der Waals surface area (Å²) >= 11 is 0. The SMILES string of the molecule is CCc1nnc(C)cc1-c1nc(CNC2CC2)no1. The molecular formula is C13H17N5O. The molecule has 6 heteroatoms. The van der Waals surface area contributed by atoms with Gasteiger partial charge in [-0.1, -0.05) is 12.1 Å². The summed E-state index contributed by atoms with van der Waals surface area (Å²) in [5.41, 5.74) is 2.62. The summed E-state index contributed by atoms with van der Waals surface area (Å²) < 4.78 is 5.33. The van der Waals surface area contributed by atoms with Crippen LogP contribution in [0.3, 0.4) is 0 Å². The number of hydrogen-bond donors (Lipinski definition) is 1. The molecule has 0 spiro atoms. The van der Waals surface area contributed by atoms with Crippen LogP contribution in [0.5, 0.6) is 0 Å². The lowest BCUT2D eigenvalue weighted by molar-refractivity contribution is 0.418. The van der Waals surface area contributed by atoms with Crippen molar-refractivity contribution in [3.05, 3.63) is 23.3 Å². The second-order valence-electron chi connectivity index (χ2n) is 4.87. The topological polar surface area (TPSA) is 76.7 Å². The van der Waals surface area contributed by atoms with E-state index < -0.39 is 0 Å². The molecule has 1 fully saturated rings. The Morgan fingerprint density at radius 1 is 1.37 bits per heavy atom. The van der Waals surface area contributed by atoms with E-state index in [1.54, 1.807) is 0 Å². The van der Waals surface area contributed by atoms with Crippen molar-refractivity contribution in [1.82, 2.24) is 25.7 Å². The predicted octanol–water partition coefficient (Wildman–Crippen LogP) is 1.65. The Labute approximate surface area is 111 Å². The minimum Gasteiger partial charge on any atom is -0.334 e. The molecule has 2 heterocycles. The van der Waals surface area contributed by atoms with Crippen LogP contribution in [0.4, 0.5) is 0 Å². The summed E-state index contributed by atoms with van der Waals surface area (Å²) in [6.07, 6.45) is 3.29. The van der Waals surface area contributed by atoms with Gasteiger partial charge < -0.3 is 9.84 Å². The van der Waals surface area contributed by atoms with Gasteiger partial charge in [0.05, 0.1) is 23.5 Å². The molecule has 0 radical (unpaired) electrons. The first-order chi connectivity index (χ1) is 9.26. The smallest absolute Gasteiger partial charge is 0.259 e. The highest BCUT2D eigenvalue weighted by Gasteiger charge is 2.21. The van der Waals surface area contributed by atoms with E-state index in [1.807, 2.05) is 19.9 Å². The summed E-state index contributed by atoms with van der Waals surface area (Å²) in [6.45, 7) is 4.60. The van der Waals surface area contributed by atoms with E-state index in [2.05, 4.69) is 25.7 Å². The van der Waals surface area contributed by atoms with Crippen molar-refractivity contribution in [3.8, 4) is 11.5 Å². The second kappa shape index (κ2) is 5.05. The largest absolute Gasteiger partial charge is 0.334 e. The van der Waals surface area contributed by atoms with Gasteiger partial charge in [-0.15, -0.1) is 0 Å². The van der Waals surface area contributed by atoms with E-state index in [-0.39, 0.29) is 0 Å². The van der Waals surface area contributed by atoms with Crippen LogP contribution in [0.2, 0.25) is 0 Å². The monoisotopic (exact) mass is 259 g/mol. The van der Waals surface area contributed by atoms with Gasteiger partial charge in [-0.3, -0.25) is 0 Å². The van der Waals surface area contributed by atoms with Crippen molar-refractivity contribution in [1.29, 1.82) is 0 Å². The third-order valence-electron chi connectivity index (χ3n) is 3.15. The van der Waals surface area contributed by atoms with Crippen LogP contribution in [0.1, 0.15) is 37.0 Å². The maximum atomic E-state index is 5.33. The molecule has 0 aliphatic heterocycles. The van der Waals surface area contributed by atoms with Crippen LogP contribution in [0.15, 0.2) is 10.6 Å². The van der Waals surface area contributed by atoms with E-state index in [1.165, 1.54) is 12.8 Å². The fourth-order valence-electron chi connectivity index (χ4n) is 1.92. The molecule has 100 valence electrons. The third kappa shape index (κ3) is 2.78. The van der Waals surface area contributed by atoms with Gasteiger partial charge >= 0.3 is 0 Å². The van der Waals surface area contributed by atoms with Crippen molar-refractivity contribution in [2.45, 2.75) is 45.7 Å². The van der Waals surface area contributed by atoms with Crippen LogP contribution in [-0.2, 0) is 13.0 Å². The Morgan fingerprint density at radius 2 is 2.21 bits per heavy atom. The Balaban J connectivity index is 1.82. The van der Waals surface area contributed by atoms with Crippen molar-refractivity contribution in [2.24, 2.45) is 0 Å². The zero-order chi connectivity index (χ0) is 13.2. The highest BCUT2D eigenvalue weighted by molar-refractivity contribution is 5.56. The van der Waals surface area contributed by atoms with Crippen LogP contribution >= 0.6 is 0 Å². The summed E-state index contributed by atoms with van der Waals surface area (Å²) in [5.74, 6) is 1.22. The molecule has 1 saturated carbocycles. The minimum absolute atomic E-state index is 0.530. The number of aryl methyl sites for hydroxylation is 2. The van der Waals surface area contributed by atoms with Crippen molar-refractivity contribution in [2.75, 3.05) is 0 Å². The zero-order valence-electron chi connectivity index (χ0n) is 11.2. The minimum atomic E-state index is 0.530. The van der Waals surface area contributed by atoms with E-state index in [9.17, 15) is 0 Å². The van der Waals surface area contributed by atoms with E-state index in [0.29, 0.717) is 24.3 Å². The fraction of sp³-hybridized carbons (Fsp3) is 0.538. The molecule has 6 nitrogen and oxygen atoms in total. The summed E-state index contributed by atoms with van der Waals surface area (Å²) in [5, 5.41) is 15.6. The number of rotatable bonds is 5. The van der Waals surface area contributed by atoms with Crippen molar-refractivity contribution in [3.63, 3.8) is 0 Å². The predicted molar refractivity (Wildman–Crippen MR) is 69.3 cm³/mol. The highest BCUT2D eigenvalue weighted by Crippen LogP contribution is 2.22. The van der Waals surface area contributed by atoms with Gasteiger partial charge in [-0.05, 0) is 32.3 Å². The molecule has 3 rings (SSSR count). The lowest BCUT2D eigenvalue weighted by Gasteiger charge is -2.01.